The molecule has 0 heterocycles. The van der Waals surface area contributed by atoms with Crippen molar-refractivity contribution in [3.63, 3.8) is 0 Å². The highest BCUT2D eigenvalue weighted by molar-refractivity contribution is 5.78. The number of hydrogen-bond acceptors (Lipinski definition) is 2. The van der Waals surface area contributed by atoms with E-state index in [2.05, 4.69) is 13.8 Å². The molecule has 0 aromatic heterocycles. The summed E-state index contributed by atoms with van der Waals surface area (Å²) >= 11 is 0. The Kier molecular flexibility index (Phi) is 3.70. The fourth-order valence-electron chi connectivity index (χ4n) is 1.56. The Labute approximate surface area is 95.7 Å². The van der Waals surface area contributed by atoms with Gasteiger partial charge in [0.1, 0.15) is 0 Å². The highest BCUT2D eigenvalue weighted by Crippen LogP contribution is 2.21. The van der Waals surface area contributed by atoms with Crippen LogP contribution >= 0.6 is 0 Å². The lowest BCUT2D eigenvalue weighted by Gasteiger charge is -2.18. The van der Waals surface area contributed by atoms with Crippen LogP contribution in [0.3, 0.4) is 0 Å². The van der Waals surface area contributed by atoms with E-state index in [1.807, 2.05) is 12.1 Å². The van der Waals surface area contributed by atoms with Crippen molar-refractivity contribution in [2.75, 3.05) is 0 Å². The largest absolute Gasteiger partial charge is 0.479 e. The second-order valence-corrected chi connectivity index (χ2v) is 4.67. The summed E-state index contributed by atoms with van der Waals surface area (Å²) in [6.07, 6.45) is 0.954. The number of hydrogen-bond donors (Lipinski definition) is 2. The summed E-state index contributed by atoms with van der Waals surface area (Å²) in [6.45, 7) is 5.54. The minimum Gasteiger partial charge on any atom is -0.479 e. The monoisotopic (exact) mass is 222 g/mol. The van der Waals surface area contributed by atoms with Crippen LogP contribution in [-0.4, -0.2) is 16.2 Å². The zero-order valence-electron chi connectivity index (χ0n) is 9.90. The minimum absolute atomic E-state index is 0.410. The van der Waals surface area contributed by atoms with Crippen molar-refractivity contribution < 1.29 is 15.0 Å². The summed E-state index contributed by atoms with van der Waals surface area (Å²) in [7, 11) is 0. The fourth-order valence-corrected chi connectivity index (χ4v) is 1.56. The zero-order chi connectivity index (χ0) is 12.3. The Morgan fingerprint density at radius 1 is 1.31 bits per heavy atom. The van der Waals surface area contributed by atoms with Gasteiger partial charge in [0.25, 0.3) is 0 Å². The summed E-state index contributed by atoms with van der Waals surface area (Å²) in [5, 5.41) is 18.6. The molecule has 0 fully saturated rings. The Bertz CT molecular complexity index is 363. The predicted molar refractivity (Wildman–Crippen MR) is 62.2 cm³/mol. The molecule has 88 valence electrons. The highest BCUT2D eigenvalue weighted by Gasteiger charge is 2.31. The molecule has 0 radical (unpaired) electrons. The van der Waals surface area contributed by atoms with Crippen LogP contribution in [0.5, 0.6) is 0 Å². The summed E-state index contributed by atoms with van der Waals surface area (Å²) in [5.74, 6) is -0.671. The predicted octanol–water partition coefficient (Wildman–Crippen LogP) is 2.18. The fraction of sp³-hybridized carbons (Fsp3) is 0.462. The molecule has 0 amide bonds. The summed E-state index contributed by atoms with van der Waals surface area (Å²) in [4.78, 5) is 10.8. The number of rotatable bonds is 4. The molecule has 0 saturated heterocycles. The van der Waals surface area contributed by atoms with Crippen LogP contribution in [0.1, 0.15) is 31.9 Å². The minimum atomic E-state index is -1.81. The standard InChI is InChI=1S/C13H18O3/c1-9(2)8-10-4-6-11(7-5-10)13(3,16)12(14)15/h4-7,9,16H,8H2,1-3H3,(H,14,15). The van der Waals surface area contributed by atoms with Crippen molar-refractivity contribution >= 4 is 5.97 Å². The maximum absolute atomic E-state index is 10.8. The molecule has 1 rings (SSSR count). The number of carboxylic acids is 1. The molecule has 0 bridgehead atoms. The molecule has 1 unspecified atom stereocenters. The van der Waals surface area contributed by atoms with Crippen LogP contribution < -0.4 is 0 Å². The smallest absolute Gasteiger partial charge is 0.340 e. The SMILES string of the molecule is CC(C)Cc1ccc(C(C)(O)C(=O)O)cc1. The number of carbonyl (C=O) groups is 1. The molecule has 0 spiro atoms. The lowest BCUT2D eigenvalue weighted by Crippen LogP contribution is -2.31. The Balaban J connectivity index is 2.91. The average Bonchev–Trinajstić information content (AvgIpc) is 2.17. The third-order valence-electron chi connectivity index (χ3n) is 2.58. The van der Waals surface area contributed by atoms with Gasteiger partial charge in [-0.15, -0.1) is 0 Å². The number of aliphatic carboxylic acids is 1. The lowest BCUT2D eigenvalue weighted by molar-refractivity contribution is -0.157. The molecule has 0 aliphatic carbocycles. The normalized spacial score (nSPS) is 14.8. The summed E-state index contributed by atoms with van der Waals surface area (Å²) < 4.78 is 0. The van der Waals surface area contributed by atoms with E-state index in [0.717, 1.165) is 12.0 Å². The number of benzene rings is 1. The van der Waals surface area contributed by atoms with Crippen LogP contribution in [0.25, 0.3) is 0 Å². The van der Waals surface area contributed by atoms with Crippen molar-refractivity contribution in [3.8, 4) is 0 Å². The van der Waals surface area contributed by atoms with Crippen LogP contribution in [-0.2, 0) is 16.8 Å². The van der Waals surface area contributed by atoms with Crippen molar-refractivity contribution in [2.24, 2.45) is 5.92 Å². The first-order valence-electron chi connectivity index (χ1n) is 5.39. The molecular formula is C13H18O3. The van der Waals surface area contributed by atoms with Gasteiger partial charge < -0.3 is 10.2 Å². The first kappa shape index (κ1) is 12.7. The van der Waals surface area contributed by atoms with E-state index in [4.69, 9.17) is 5.11 Å². The van der Waals surface area contributed by atoms with Gasteiger partial charge in [-0.3, -0.25) is 0 Å². The maximum Gasteiger partial charge on any atom is 0.340 e. The Morgan fingerprint density at radius 2 is 1.81 bits per heavy atom. The van der Waals surface area contributed by atoms with Crippen molar-refractivity contribution in [1.29, 1.82) is 0 Å². The quantitative estimate of drug-likeness (QED) is 0.821. The average molecular weight is 222 g/mol. The summed E-state index contributed by atoms with van der Waals surface area (Å²) in [5.41, 5.74) is -0.247. The first-order chi connectivity index (χ1) is 7.34. The topological polar surface area (TPSA) is 57.5 Å². The molecule has 1 aromatic carbocycles. The lowest BCUT2D eigenvalue weighted by atomic mass is 9.93. The Morgan fingerprint density at radius 3 is 2.19 bits per heavy atom. The van der Waals surface area contributed by atoms with Gasteiger partial charge >= 0.3 is 5.97 Å². The van der Waals surface area contributed by atoms with Gasteiger partial charge in [-0.1, -0.05) is 38.1 Å². The molecule has 1 aromatic rings. The van der Waals surface area contributed by atoms with Crippen LogP contribution in [0.4, 0.5) is 0 Å². The van der Waals surface area contributed by atoms with E-state index >= 15 is 0 Å². The third-order valence-corrected chi connectivity index (χ3v) is 2.58. The van der Waals surface area contributed by atoms with Gasteiger partial charge in [0, 0.05) is 0 Å². The summed E-state index contributed by atoms with van der Waals surface area (Å²) in [6, 6.07) is 7.08. The second kappa shape index (κ2) is 4.66. The van der Waals surface area contributed by atoms with Crippen LogP contribution in [0.2, 0.25) is 0 Å². The van der Waals surface area contributed by atoms with Gasteiger partial charge in [-0.25, -0.2) is 4.79 Å². The Hall–Kier alpha value is -1.35. The van der Waals surface area contributed by atoms with Gasteiger partial charge in [0.15, 0.2) is 5.60 Å². The van der Waals surface area contributed by atoms with Crippen molar-refractivity contribution in [2.45, 2.75) is 32.8 Å². The van der Waals surface area contributed by atoms with Crippen molar-refractivity contribution in [1.82, 2.24) is 0 Å². The molecule has 16 heavy (non-hydrogen) atoms. The molecule has 0 aliphatic heterocycles. The van der Waals surface area contributed by atoms with Gasteiger partial charge in [-0.05, 0) is 30.4 Å². The van der Waals surface area contributed by atoms with Crippen LogP contribution in [0.15, 0.2) is 24.3 Å². The first-order valence-corrected chi connectivity index (χ1v) is 5.39. The zero-order valence-corrected chi connectivity index (χ0v) is 9.90. The molecule has 0 aliphatic rings. The van der Waals surface area contributed by atoms with E-state index < -0.39 is 11.6 Å². The molecule has 2 N–H and O–H groups in total. The van der Waals surface area contributed by atoms with E-state index in [9.17, 15) is 9.90 Å². The van der Waals surface area contributed by atoms with Gasteiger partial charge in [-0.2, -0.15) is 0 Å². The van der Waals surface area contributed by atoms with Crippen molar-refractivity contribution in [3.05, 3.63) is 35.4 Å². The number of carboxylic acid groups (broad SMARTS) is 1. The van der Waals surface area contributed by atoms with Gasteiger partial charge in [0.2, 0.25) is 0 Å². The molecule has 1 atom stereocenters. The van der Waals surface area contributed by atoms with E-state index in [1.54, 1.807) is 12.1 Å². The van der Waals surface area contributed by atoms with E-state index in [-0.39, 0.29) is 0 Å². The third kappa shape index (κ3) is 2.83. The van der Waals surface area contributed by atoms with Crippen LogP contribution in [0, 0.1) is 5.92 Å². The number of aliphatic hydroxyl groups is 1. The second-order valence-electron chi connectivity index (χ2n) is 4.67. The van der Waals surface area contributed by atoms with E-state index in [0.29, 0.717) is 11.5 Å². The molecule has 0 saturated carbocycles. The maximum atomic E-state index is 10.8. The van der Waals surface area contributed by atoms with Gasteiger partial charge in [0.05, 0.1) is 0 Å². The van der Waals surface area contributed by atoms with E-state index in [1.165, 1.54) is 6.92 Å². The molecular weight excluding hydrogens is 204 g/mol. The molecule has 3 heteroatoms. The molecule has 3 nitrogen and oxygen atoms in total. The highest BCUT2D eigenvalue weighted by atomic mass is 16.4.